The number of guanidine groups is 1. The van der Waals surface area contributed by atoms with Gasteiger partial charge in [0, 0.05) is 25.6 Å². The zero-order valence-electron chi connectivity index (χ0n) is 30.8. The van der Waals surface area contributed by atoms with E-state index in [1.165, 1.54) is 24.0 Å². The highest BCUT2D eigenvalue weighted by molar-refractivity contribution is 5.93. The number of aryl methyl sites for hydroxylation is 2. The number of methoxy groups -OCH3 is 1. The highest BCUT2D eigenvalue weighted by atomic mass is 16.5. The van der Waals surface area contributed by atoms with Crippen molar-refractivity contribution in [2.75, 3.05) is 19.5 Å². The first-order chi connectivity index (χ1) is 24.8. The van der Waals surface area contributed by atoms with E-state index < -0.39 is 6.10 Å². The molecule has 0 heterocycles. The predicted molar refractivity (Wildman–Crippen MR) is 209 cm³/mol. The third kappa shape index (κ3) is 12.9. The first-order valence-corrected chi connectivity index (χ1v) is 18.6. The van der Waals surface area contributed by atoms with Gasteiger partial charge in [-0.15, -0.1) is 0 Å². The van der Waals surface area contributed by atoms with Gasteiger partial charge in [0.25, 0.3) is 0 Å². The van der Waals surface area contributed by atoms with Crippen molar-refractivity contribution in [1.29, 1.82) is 0 Å². The Kier molecular flexibility index (Phi) is 16.1. The number of phenolic OH excluding ortho intramolecular Hbond substituents is 1. The molecule has 0 bridgehead atoms. The van der Waals surface area contributed by atoms with Gasteiger partial charge in [0.2, 0.25) is 0 Å². The number of ketones is 1. The van der Waals surface area contributed by atoms with Crippen LogP contribution in [0.5, 0.6) is 17.2 Å². The van der Waals surface area contributed by atoms with Crippen LogP contribution in [0.2, 0.25) is 0 Å². The van der Waals surface area contributed by atoms with Crippen LogP contribution < -0.4 is 20.5 Å². The largest absolute Gasteiger partial charge is 0.508 e. The Morgan fingerprint density at radius 1 is 0.843 bits per heavy atom. The molecule has 8 heteroatoms. The van der Waals surface area contributed by atoms with Crippen LogP contribution in [0.25, 0.3) is 10.8 Å². The number of ether oxygens (including phenoxy) is 2. The molecule has 8 nitrogen and oxygen atoms in total. The predicted octanol–water partition coefficient (Wildman–Crippen LogP) is 9.06. The fourth-order valence-corrected chi connectivity index (χ4v) is 6.53. The van der Waals surface area contributed by atoms with Gasteiger partial charge in [-0.25, -0.2) is 0 Å². The molecule has 0 amide bonds. The number of anilines is 1. The Balaban J connectivity index is 1.15. The molecule has 4 rings (SSSR count). The molecule has 0 aliphatic rings. The van der Waals surface area contributed by atoms with Crippen molar-refractivity contribution in [1.82, 2.24) is 0 Å². The molecule has 51 heavy (non-hydrogen) atoms. The summed E-state index contributed by atoms with van der Waals surface area (Å²) in [5.41, 5.74) is 11.8. The lowest BCUT2D eigenvalue weighted by Gasteiger charge is -2.16. The molecule has 0 unspecified atom stereocenters. The van der Waals surface area contributed by atoms with E-state index in [9.17, 15) is 15.0 Å². The number of aliphatic imine (C=N–C) groups is 1. The summed E-state index contributed by atoms with van der Waals surface area (Å²) >= 11 is 0. The van der Waals surface area contributed by atoms with Crippen molar-refractivity contribution in [2.45, 2.75) is 110 Å². The number of nitrogens with two attached hydrogens (primary N) is 1. The van der Waals surface area contributed by atoms with Crippen LogP contribution in [0.15, 0.2) is 77.8 Å². The lowest BCUT2D eigenvalue weighted by Crippen LogP contribution is -2.23. The third-order valence-electron chi connectivity index (χ3n) is 9.46. The summed E-state index contributed by atoms with van der Waals surface area (Å²) in [6.45, 7) is 2.59. The van der Waals surface area contributed by atoms with E-state index >= 15 is 0 Å². The van der Waals surface area contributed by atoms with Crippen molar-refractivity contribution in [3.05, 3.63) is 95.1 Å². The number of unbranched alkanes of at least 4 members (excludes halogenated alkanes) is 6. The van der Waals surface area contributed by atoms with Gasteiger partial charge in [0.05, 0.1) is 13.2 Å². The summed E-state index contributed by atoms with van der Waals surface area (Å²) in [6.07, 6.45) is 12.2. The van der Waals surface area contributed by atoms with Crippen molar-refractivity contribution in [3.8, 4) is 17.2 Å². The summed E-state index contributed by atoms with van der Waals surface area (Å²) in [6, 6.07) is 23.5. The first kappa shape index (κ1) is 39.2. The van der Waals surface area contributed by atoms with Crippen LogP contribution in [0, 0.1) is 0 Å². The molecule has 0 saturated heterocycles. The number of carbonyl (C=O) groups is 1. The number of aliphatic hydroxyl groups is 1. The van der Waals surface area contributed by atoms with Crippen molar-refractivity contribution >= 4 is 28.2 Å². The van der Waals surface area contributed by atoms with Crippen LogP contribution >= 0.6 is 0 Å². The lowest BCUT2D eigenvalue weighted by molar-refractivity contribution is -0.121. The molecule has 0 radical (unpaired) electrons. The van der Waals surface area contributed by atoms with E-state index in [4.69, 9.17) is 15.2 Å². The van der Waals surface area contributed by atoms with Crippen LogP contribution in [-0.2, 0) is 30.7 Å². The van der Waals surface area contributed by atoms with Gasteiger partial charge < -0.3 is 30.7 Å². The van der Waals surface area contributed by atoms with E-state index in [1.807, 2.05) is 42.5 Å². The molecule has 0 saturated carbocycles. The maximum atomic E-state index is 12.7. The van der Waals surface area contributed by atoms with E-state index in [0.29, 0.717) is 43.3 Å². The molecule has 4 aromatic carbocycles. The van der Waals surface area contributed by atoms with E-state index in [2.05, 4.69) is 35.4 Å². The number of nitrogens with zero attached hydrogens (tertiary/aromatic N) is 1. The number of hydrogen-bond acceptors (Lipinski definition) is 6. The minimum atomic E-state index is -0.599. The number of aromatic hydroxyl groups is 1. The molecule has 0 fully saturated rings. The van der Waals surface area contributed by atoms with E-state index in [1.54, 1.807) is 26.3 Å². The molecule has 0 aromatic heterocycles. The molecule has 0 aliphatic heterocycles. The van der Waals surface area contributed by atoms with Crippen LogP contribution in [0.1, 0.15) is 99.8 Å². The van der Waals surface area contributed by atoms with Crippen LogP contribution in [0.3, 0.4) is 0 Å². The fraction of sp³-hybridized carbons (Fsp3) is 0.442. The van der Waals surface area contributed by atoms with Gasteiger partial charge in [0.15, 0.2) is 17.5 Å². The minimum absolute atomic E-state index is 0.0708. The van der Waals surface area contributed by atoms with E-state index in [0.717, 1.165) is 79.0 Å². The molecule has 5 N–H and O–H groups in total. The molecule has 274 valence electrons. The van der Waals surface area contributed by atoms with Gasteiger partial charge in [-0.05, 0) is 108 Å². The van der Waals surface area contributed by atoms with Gasteiger partial charge in [-0.2, -0.15) is 0 Å². The summed E-state index contributed by atoms with van der Waals surface area (Å²) in [5, 5.41) is 25.6. The lowest BCUT2D eigenvalue weighted by atomic mass is 9.95. The van der Waals surface area contributed by atoms with Gasteiger partial charge in [-0.1, -0.05) is 81.8 Å². The number of phenols is 1. The fourth-order valence-electron chi connectivity index (χ4n) is 6.53. The highest BCUT2D eigenvalue weighted by Crippen LogP contribution is 2.30. The summed E-state index contributed by atoms with van der Waals surface area (Å²) in [5.74, 6) is 2.00. The molecular formula is C43H57N3O5. The number of fused-ring (bicyclic) bond motifs is 1. The van der Waals surface area contributed by atoms with Crippen molar-refractivity contribution < 1.29 is 24.5 Å². The Morgan fingerprint density at radius 2 is 1.59 bits per heavy atom. The molecule has 1 atom stereocenters. The standard InChI is InChI=1S/C43H57N3O5/c1-4-5-9-16-39-33(14-12-17-40(39)46-43(44)45-2)13-10-7-6-8-11-15-36(47)29-38(49)23-19-31-20-25-41(50-3)42(27-31)51-30-32-18-21-35-28-37(48)24-22-34(35)26-32/h12,14,17-18,20-22,24-28,36,47-48H,4-11,13,15-16,19,23,29-30H2,1-3H3,(H3,44,45,46)/t36-/m0/s1. The monoisotopic (exact) mass is 695 g/mol. The number of nitrogens with one attached hydrogen (secondary N) is 1. The second-order valence-electron chi connectivity index (χ2n) is 13.5. The zero-order valence-corrected chi connectivity index (χ0v) is 30.8. The molecule has 4 aromatic rings. The first-order valence-electron chi connectivity index (χ1n) is 18.6. The van der Waals surface area contributed by atoms with Crippen LogP contribution in [0.4, 0.5) is 5.69 Å². The molecule has 0 spiro atoms. The Hall–Kier alpha value is -4.56. The summed E-state index contributed by atoms with van der Waals surface area (Å²) < 4.78 is 11.7. The van der Waals surface area contributed by atoms with Crippen molar-refractivity contribution in [3.63, 3.8) is 0 Å². The number of benzene rings is 4. The number of aliphatic hydroxyl groups excluding tert-OH is 1. The van der Waals surface area contributed by atoms with Crippen molar-refractivity contribution in [2.24, 2.45) is 10.7 Å². The normalized spacial score (nSPS) is 12.2. The molecule has 0 aliphatic carbocycles. The van der Waals surface area contributed by atoms with Gasteiger partial charge in [0.1, 0.15) is 18.1 Å². The summed E-state index contributed by atoms with van der Waals surface area (Å²) in [4.78, 5) is 16.8. The number of rotatable bonds is 22. The second-order valence-corrected chi connectivity index (χ2v) is 13.5. The van der Waals surface area contributed by atoms with Crippen LogP contribution in [-0.4, -0.2) is 42.2 Å². The molecular weight excluding hydrogens is 638 g/mol. The number of carbonyl (C=O) groups excluding carboxylic acids is 1. The van der Waals surface area contributed by atoms with Gasteiger partial charge >= 0.3 is 0 Å². The highest BCUT2D eigenvalue weighted by Gasteiger charge is 2.14. The Bertz CT molecular complexity index is 1720. The average Bonchev–Trinajstić information content (AvgIpc) is 3.13. The Labute approximate surface area is 304 Å². The maximum absolute atomic E-state index is 12.7. The Morgan fingerprint density at radius 3 is 2.39 bits per heavy atom. The van der Waals surface area contributed by atoms with E-state index in [-0.39, 0.29) is 18.0 Å². The quantitative estimate of drug-likeness (QED) is 0.0367. The smallest absolute Gasteiger partial charge is 0.192 e. The average molecular weight is 696 g/mol. The SMILES string of the molecule is CCCCCc1c(CCCCCCC[C@H](O)CC(=O)CCc2ccc(OC)c(OCc3ccc4cc(O)ccc4c3)c2)cccc1NC(N)=NC. The zero-order chi connectivity index (χ0) is 36.4. The second kappa shape index (κ2) is 21.0. The number of hydrogen-bond donors (Lipinski definition) is 4. The maximum Gasteiger partial charge on any atom is 0.192 e. The number of Topliss-reactive ketones (excluding diaryl/α,β-unsaturated/α-hetero) is 1. The minimum Gasteiger partial charge on any atom is -0.508 e. The van der Waals surface area contributed by atoms with Gasteiger partial charge in [-0.3, -0.25) is 9.79 Å². The topological polar surface area (TPSA) is 126 Å². The summed E-state index contributed by atoms with van der Waals surface area (Å²) in [7, 11) is 3.31. The third-order valence-corrected chi connectivity index (χ3v) is 9.46.